The van der Waals surface area contributed by atoms with Gasteiger partial charge < -0.3 is 10.0 Å². The number of carboxylic acid groups (broad SMARTS) is 1. The van der Waals surface area contributed by atoms with E-state index in [1.54, 1.807) is 6.20 Å². The highest BCUT2D eigenvalue weighted by atomic mass is 79.9. The van der Waals surface area contributed by atoms with Crippen LogP contribution in [0.5, 0.6) is 0 Å². The first kappa shape index (κ1) is 13.3. The zero-order chi connectivity index (χ0) is 13.1. The second kappa shape index (κ2) is 5.66. The molecule has 0 aromatic carbocycles. The molecule has 1 aliphatic rings. The van der Waals surface area contributed by atoms with Gasteiger partial charge in [0.15, 0.2) is 5.13 Å². The predicted molar refractivity (Wildman–Crippen MR) is 70.8 cm³/mol. The van der Waals surface area contributed by atoms with Crippen molar-refractivity contribution in [3.05, 3.63) is 9.98 Å². The molecule has 0 unspecified atom stereocenters. The highest BCUT2D eigenvalue weighted by Gasteiger charge is 2.28. The topological polar surface area (TPSA) is 82.5 Å². The molecule has 1 aromatic heterocycles. The molecule has 98 valence electrons. The Morgan fingerprint density at radius 1 is 1.61 bits per heavy atom. The van der Waals surface area contributed by atoms with Gasteiger partial charge >= 0.3 is 12.0 Å². The normalized spacial score (nSPS) is 19.6. The maximum Gasteiger partial charge on any atom is 0.323 e. The maximum atomic E-state index is 11.9. The third kappa shape index (κ3) is 3.20. The number of hydrogen-bond acceptors (Lipinski definition) is 4. The fourth-order valence-electron chi connectivity index (χ4n) is 1.85. The lowest BCUT2D eigenvalue weighted by Crippen LogP contribution is -2.44. The lowest BCUT2D eigenvalue weighted by Gasteiger charge is -2.30. The van der Waals surface area contributed by atoms with Crippen molar-refractivity contribution in [3.8, 4) is 0 Å². The fraction of sp³-hybridized carbons (Fsp3) is 0.500. The van der Waals surface area contributed by atoms with E-state index in [2.05, 4.69) is 26.2 Å². The highest BCUT2D eigenvalue weighted by molar-refractivity contribution is 9.11. The minimum Gasteiger partial charge on any atom is -0.481 e. The summed E-state index contributed by atoms with van der Waals surface area (Å²) in [6, 6.07) is -0.289. The summed E-state index contributed by atoms with van der Waals surface area (Å²) in [6.07, 6.45) is 2.95. The van der Waals surface area contributed by atoms with Gasteiger partial charge in [-0.1, -0.05) is 11.3 Å². The number of amides is 2. The molecular formula is C10H12BrN3O3S. The molecule has 0 radical (unpaired) electrons. The number of halogens is 1. The van der Waals surface area contributed by atoms with Gasteiger partial charge in [0, 0.05) is 13.1 Å². The fourth-order valence-corrected chi connectivity index (χ4v) is 2.94. The van der Waals surface area contributed by atoms with Crippen LogP contribution in [0.4, 0.5) is 9.93 Å². The molecule has 2 rings (SSSR count). The van der Waals surface area contributed by atoms with E-state index < -0.39 is 11.9 Å². The van der Waals surface area contributed by atoms with Crippen molar-refractivity contribution in [2.45, 2.75) is 12.8 Å². The first-order valence-corrected chi connectivity index (χ1v) is 7.07. The number of thiazole rings is 1. The number of rotatable bonds is 2. The molecule has 0 bridgehead atoms. The number of nitrogens with one attached hydrogen (secondary N) is 1. The van der Waals surface area contributed by atoms with Gasteiger partial charge in [-0.05, 0) is 28.8 Å². The molecule has 1 saturated heterocycles. The van der Waals surface area contributed by atoms with Crippen molar-refractivity contribution in [1.82, 2.24) is 9.88 Å². The van der Waals surface area contributed by atoms with Gasteiger partial charge in [-0.25, -0.2) is 9.78 Å². The van der Waals surface area contributed by atoms with Crippen LogP contribution < -0.4 is 5.32 Å². The minimum absolute atomic E-state index is 0.258. The number of urea groups is 1. The molecule has 2 amide bonds. The van der Waals surface area contributed by atoms with Crippen LogP contribution in [0.3, 0.4) is 0 Å². The Labute approximate surface area is 116 Å². The summed E-state index contributed by atoms with van der Waals surface area (Å²) < 4.78 is 0.833. The van der Waals surface area contributed by atoms with E-state index in [0.717, 1.165) is 3.79 Å². The van der Waals surface area contributed by atoms with Gasteiger partial charge in [0.25, 0.3) is 0 Å². The van der Waals surface area contributed by atoms with Crippen LogP contribution in [0.15, 0.2) is 9.98 Å². The molecule has 1 fully saturated rings. The van der Waals surface area contributed by atoms with E-state index in [-0.39, 0.29) is 12.6 Å². The van der Waals surface area contributed by atoms with Crippen molar-refractivity contribution in [3.63, 3.8) is 0 Å². The molecule has 1 aliphatic heterocycles. The van der Waals surface area contributed by atoms with Gasteiger partial charge in [-0.2, -0.15) is 0 Å². The second-order valence-electron chi connectivity index (χ2n) is 4.02. The van der Waals surface area contributed by atoms with Crippen molar-refractivity contribution in [2.75, 3.05) is 18.4 Å². The van der Waals surface area contributed by atoms with Gasteiger partial charge in [0.2, 0.25) is 0 Å². The molecule has 0 saturated carbocycles. The smallest absolute Gasteiger partial charge is 0.323 e. The van der Waals surface area contributed by atoms with Gasteiger partial charge in [0.05, 0.1) is 15.9 Å². The Hall–Kier alpha value is -1.15. The first-order valence-electron chi connectivity index (χ1n) is 5.46. The van der Waals surface area contributed by atoms with Crippen LogP contribution in [-0.2, 0) is 4.79 Å². The Bertz CT molecular complexity index is 465. The number of carbonyl (C=O) groups excluding carboxylic acids is 1. The monoisotopic (exact) mass is 333 g/mol. The number of nitrogens with zero attached hydrogens (tertiary/aromatic N) is 2. The average Bonchev–Trinajstić information content (AvgIpc) is 2.75. The summed E-state index contributed by atoms with van der Waals surface area (Å²) in [4.78, 5) is 28.4. The van der Waals surface area contributed by atoms with Crippen LogP contribution in [0.2, 0.25) is 0 Å². The number of hydrogen-bond donors (Lipinski definition) is 2. The molecule has 18 heavy (non-hydrogen) atoms. The number of piperidine rings is 1. The molecule has 6 nitrogen and oxygen atoms in total. The number of aliphatic carboxylic acids is 1. The van der Waals surface area contributed by atoms with E-state index in [4.69, 9.17) is 5.11 Å². The first-order chi connectivity index (χ1) is 8.56. The van der Waals surface area contributed by atoms with E-state index in [1.165, 1.54) is 16.2 Å². The average molecular weight is 334 g/mol. The number of likely N-dealkylation sites (tertiary alicyclic amines) is 1. The summed E-state index contributed by atoms with van der Waals surface area (Å²) in [7, 11) is 0. The number of carbonyl (C=O) groups is 2. The molecule has 8 heteroatoms. The van der Waals surface area contributed by atoms with Gasteiger partial charge in [-0.15, -0.1) is 0 Å². The van der Waals surface area contributed by atoms with Crippen LogP contribution in [0.1, 0.15) is 12.8 Å². The highest BCUT2D eigenvalue weighted by Crippen LogP contribution is 2.24. The van der Waals surface area contributed by atoms with Crippen molar-refractivity contribution >= 4 is 44.4 Å². The Morgan fingerprint density at radius 3 is 3.00 bits per heavy atom. The largest absolute Gasteiger partial charge is 0.481 e. The lowest BCUT2D eigenvalue weighted by atomic mass is 9.99. The van der Waals surface area contributed by atoms with Crippen LogP contribution in [0.25, 0.3) is 0 Å². The maximum absolute atomic E-state index is 11.9. The zero-order valence-corrected chi connectivity index (χ0v) is 11.8. The minimum atomic E-state index is -0.843. The summed E-state index contributed by atoms with van der Waals surface area (Å²) in [6.45, 7) is 0.843. The molecular weight excluding hydrogens is 322 g/mol. The molecule has 0 aliphatic carbocycles. The molecule has 2 N–H and O–H groups in total. The van der Waals surface area contributed by atoms with E-state index in [0.29, 0.717) is 24.5 Å². The van der Waals surface area contributed by atoms with Crippen molar-refractivity contribution in [2.24, 2.45) is 5.92 Å². The molecule has 1 atom stereocenters. The van der Waals surface area contributed by atoms with E-state index in [9.17, 15) is 9.59 Å². The number of anilines is 1. The zero-order valence-electron chi connectivity index (χ0n) is 9.43. The SMILES string of the molecule is O=C(O)[C@@H]1CCCN(C(=O)Nc2ncc(Br)s2)C1. The summed E-state index contributed by atoms with van der Waals surface area (Å²) in [5, 5.41) is 12.1. The summed E-state index contributed by atoms with van der Waals surface area (Å²) >= 11 is 4.58. The lowest BCUT2D eigenvalue weighted by molar-refractivity contribution is -0.143. The summed E-state index contributed by atoms with van der Waals surface area (Å²) in [5.41, 5.74) is 0. The van der Waals surface area contributed by atoms with Crippen molar-refractivity contribution in [1.29, 1.82) is 0 Å². The summed E-state index contributed by atoms with van der Waals surface area (Å²) in [5.74, 6) is -1.31. The molecule has 1 aromatic rings. The van der Waals surface area contributed by atoms with Crippen LogP contribution in [0, 0.1) is 5.92 Å². The Morgan fingerprint density at radius 2 is 2.39 bits per heavy atom. The second-order valence-corrected chi connectivity index (χ2v) is 6.43. The van der Waals surface area contributed by atoms with E-state index >= 15 is 0 Å². The number of aromatic nitrogens is 1. The molecule has 2 heterocycles. The third-order valence-electron chi connectivity index (χ3n) is 2.75. The Kier molecular flexibility index (Phi) is 4.18. The van der Waals surface area contributed by atoms with Gasteiger partial charge in [-0.3, -0.25) is 10.1 Å². The third-order valence-corrected chi connectivity index (χ3v) is 4.14. The standard InChI is InChI=1S/C10H12BrN3O3S/c11-7-4-12-9(18-7)13-10(17)14-3-1-2-6(5-14)8(15)16/h4,6H,1-3,5H2,(H,15,16)(H,12,13,17)/t6-/m1/s1. The van der Waals surface area contributed by atoms with E-state index in [1.807, 2.05) is 0 Å². The van der Waals surface area contributed by atoms with Crippen LogP contribution >= 0.6 is 27.3 Å². The predicted octanol–water partition coefficient (Wildman–Crippen LogP) is 2.23. The Balaban J connectivity index is 1.94. The number of carboxylic acids is 1. The van der Waals surface area contributed by atoms with Gasteiger partial charge in [0.1, 0.15) is 0 Å². The molecule has 0 spiro atoms. The quantitative estimate of drug-likeness (QED) is 0.869. The van der Waals surface area contributed by atoms with Crippen LogP contribution in [-0.4, -0.2) is 40.1 Å². The van der Waals surface area contributed by atoms with Crippen molar-refractivity contribution < 1.29 is 14.7 Å².